The van der Waals surface area contributed by atoms with Crippen molar-refractivity contribution in [3.63, 3.8) is 0 Å². The highest BCUT2D eigenvalue weighted by Crippen LogP contribution is 2.51. The molecule has 0 unspecified atom stereocenters. The molecule has 13 rings (SSSR count). The minimum Gasteiger partial charge on any atom is -0.376 e. The molecule has 0 fully saturated rings. The van der Waals surface area contributed by atoms with Crippen LogP contribution in [0.3, 0.4) is 0 Å². The first-order valence-corrected chi connectivity index (χ1v) is 23.9. The summed E-state index contributed by atoms with van der Waals surface area (Å²) in [4.78, 5) is 7.58. The van der Waals surface area contributed by atoms with E-state index in [0.29, 0.717) is 0 Å². The van der Waals surface area contributed by atoms with Gasteiger partial charge in [-0.2, -0.15) is 0 Å². The van der Waals surface area contributed by atoms with E-state index in [4.69, 9.17) is 0 Å². The van der Waals surface area contributed by atoms with E-state index in [1.165, 1.54) is 83.1 Å². The summed E-state index contributed by atoms with van der Waals surface area (Å²) in [7, 11) is 0. The van der Waals surface area contributed by atoms with E-state index >= 15 is 0 Å². The first-order chi connectivity index (χ1) is 34.2. The fourth-order valence-electron chi connectivity index (χ4n) is 11.0. The van der Waals surface area contributed by atoms with E-state index in [-0.39, 0.29) is 6.85 Å². The van der Waals surface area contributed by atoms with Crippen LogP contribution in [0, 0.1) is 6.92 Å². The van der Waals surface area contributed by atoms with Crippen LogP contribution in [0.1, 0.15) is 5.56 Å². The molecule has 0 N–H and O–H groups in total. The number of hydrogen-bond donors (Lipinski definition) is 0. The summed E-state index contributed by atoms with van der Waals surface area (Å²) in [5.41, 5.74) is 22.5. The molecule has 0 aromatic heterocycles. The van der Waals surface area contributed by atoms with Crippen molar-refractivity contribution in [3.05, 3.63) is 266 Å². The summed E-state index contributed by atoms with van der Waals surface area (Å²) in [5.74, 6) is 0. The summed E-state index contributed by atoms with van der Waals surface area (Å²) < 4.78 is 0. The highest BCUT2D eigenvalue weighted by atomic mass is 15.2. The van der Waals surface area contributed by atoms with Gasteiger partial charge in [0.1, 0.15) is 0 Å². The molecule has 0 saturated heterocycles. The monoisotopic (exact) mass is 879 g/mol. The van der Waals surface area contributed by atoms with E-state index in [2.05, 4.69) is 282 Å². The standard InChI is InChI=1S/C65H46BN3/c1-45-41-50(47-21-9-3-10-22-47)34-40-60(45)68-62-44-56(67(53-26-13-5-14-27-53)54-28-15-6-16-29-54)37-39-59(62)66-65-63(68)43-52-25-17-18-30-57(52)64(65)58-38-33-51(48-23-11-4-12-24-48)42-61(58)69(66)55-35-31-49(32-36-55)46-19-7-2-8-20-46/h2-44H,1H3. The number of benzene rings is 11. The van der Waals surface area contributed by atoms with E-state index in [0.717, 1.165) is 34.1 Å². The Bertz CT molecular complexity index is 3630. The van der Waals surface area contributed by atoms with Gasteiger partial charge in [0.05, 0.1) is 0 Å². The molecule has 11 aromatic carbocycles. The van der Waals surface area contributed by atoms with Gasteiger partial charge in [0.15, 0.2) is 0 Å². The van der Waals surface area contributed by atoms with E-state index in [1.54, 1.807) is 0 Å². The van der Waals surface area contributed by atoms with Crippen LogP contribution >= 0.6 is 0 Å². The van der Waals surface area contributed by atoms with Gasteiger partial charge in [-0.15, -0.1) is 0 Å². The van der Waals surface area contributed by atoms with Crippen LogP contribution in [0.4, 0.5) is 45.5 Å². The first kappa shape index (κ1) is 40.4. The molecule has 3 nitrogen and oxygen atoms in total. The number of rotatable bonds is 8. The molecule has 0 bridgehead atoms. The molecule has 4 heteroatoms. The lowest BCUT2D eigenvalue weighted by Crippen LogP contribution is -2.61. The predicted octanol–water partition coefficient (Wildman–Crippen LogP) is 16.3. The van der Waals surface area contributed by atoms with Crippen molar-refractivity contribution < 1.29 is 0 Å². The predicted molar refractivity (Wildman–Crippen MR) is 293 cm³/mol. The van der Waals surface area contributed by atoms with Gasteiger partial charge in [-0.25, -0.2) is 0 Å². The van der Waals surface area contributed by atoms with Crippen molar-refractivity contribution in [2.24, 2.45) is 0 Å². The maximum absolute atomic E-state index is 2.63. The zero-order valence-electron chi connectivity index (χ0n) is 38.2. The molecule has 2 aliphatic rings. The molecule has 0 spiro atoms. The number of anilines is 8. The van der Waals surface area contributed by atoms with Gasteiger partial charge >= 0.3 is 6.85 Å². The summed E-state index contributed by atoms with van der Waals surface area (Å²) >= 11 is 0. The van der Waals surface area contributed by atoms with Crippen LogP contribution in [0.15, 0.2) is 261 Å². The van der Waals surface area contributed by atoms with Crippen molar-refractivity contribution in [3.8, 4) is 44.5 Å². The van der Waals surface area contributed by atoms with E-state index in [9.17, 15) is 0 Å². The first-order valence-electron chi connectivity index (χ1n) is 23.9. The molecule has 0 radical (unpaired) electrons. The molecule has 2 heterocycles. The average molecular weight is 880 g/mol. The van der Waals surface area contributed by atoms with E-state index in [1.807, 2.05) is 0 Å². The number of fused-ring (bicyclic) bond motifs is 6. The van der Waals surface area contributed by atoms with Crippen molar-refractivity contribution in [1.29, 1.82) is 0 Å². The number of nitrogens with zero attached hydrogens (tertiary/aromatic N) is 3. The number of aryl methyl sites for hydroxylation is 1. The lowest BCUT2D eigenvalue weighted by molar-refractivity contribution is 1.23. The second-order valence-electron chi connectivity index (χ2n) is 18.1. The molecule has 69 heavy (non-hydrogen) atoms. The van der Waals surface area contributed by atoms with Gasteiger partial charge < -0.3 is 14.6 Å². The maximum atomic E-state index is 2.63. The summed E-state index contributed by atoms with van der Waals surface area (Å²) in [6.45, 7) is 2.10. The Morgan fingerprint density at radius 2 is 0.884 bits per heavy atom. The molecule has 0 amide bonds. The molecule has 2 aliphatic heterocycles. The molecule has 11 aromatic rings. The van der Waals surface area contributed by atoms with Crippen molar-refractivity contribution >= 4 is 74.0 Å². The number of hydrogen-bond acceptors (Lipinski definition) is 3. The van der Waals surface area contributed by atoms with Crippen LogP contribution in [0.25, 0.3) is 55.3 Å². The number of para-hydroxylation sites is 2. The minimum atomic E-state index is -0.174. The van der Waals surface area contributed by atoms with Gasteiger partial charge in [0.2, 0.25) is 0 Å². The lowest BCUT2D eigenvalue weighted by Gasteiger charge is -2.46. The molecule has 324 valence electrons. The molecule has 0 aliphatic carbocycles. The van der Waals surface area contributed by atoms with Crippen molar-refractivity contribution in [2.75, 3.05) is 14.6 Å². The van der Waals surface area contributed by atoms with Crippen LogP contribution in [-0.4, -0.2) is 6.85 Å². The van der Waals surface area contributed by atoms with Gasteiger partial charge in [-0.3, -0.25) is 0 Å². The molecular formula is C65H46BN3. The van der Waals surface area contributed by atoms with Crippen LogP contribution in [0.2, 0.25) is 0 Å². The Hall–Kier alpha value is -8.86. The Morgan fingerprint density at radius 1 is 0.362 bits per heavy atom. The smallest absolute Gasteiger partial charge is 0.333 e. The molecule has 0 atom stereocenters. The van der Waals surface area contributed by atoms with Gasteiger partial charge in [0.25, 0.3) is 0 Å². The Morgan fingerprint density at radius 3 is 1.51 bits per heavy atom. The van der Waals surface area contributed by atoms with Crippen LogP contribution in [-0.2, 0) is 0 Å². The highest BCUT2D eigenvalue weighted by molar-refractivity contribution is 6.94. The quantitative estimate of drug-likeness (QED) is 0.141. The second kappa shape index (κ2) is 16.8. The fourth-order valence-corrected chi connectivity index (χ4v) is 11.0. The second-order valence-corrected chi connectivity index (χ2v) is 18.1. The van der Waals surface area contributed by atoms with Gasteiger partial charge in [-0.1, -0.05) is 188 Å². The fraction of sp³-hybridized carbons (Fsp3) is 0.0154. The Balaban J connectivity index is 1.12. The van der Waals surface area contributed by atoms with Crippen LogP contribution < -0.4 is 25.5 Å². The summed E-state index contributed by atoms with van der Waals surface area (Å²) in [6.07, 6.45) is 0. The zero-order valence-corrected chi connectivity index (χ0v) is 38.2. The lowest BCUT2D eigenvalue weighted by atomic mass is 9.43. The highest BCUT2D eigenvalue weighted by Gasteiger charge is 2.46. The van der Waals surface area contributed by atoms with Crippen LogP contribution in [0.5, 0.6) is 0 Å². The largest absolute Gasteiger partial charge is 0.376 e. The van der Waals surface area contributed by atoms with E-state index < -0.39 is 0 Å². The summed E-state index contributed by atoms with van der Waals surface area (Å²) in [5, 5.41) is 2.46. The third-order valence-electron chi connectivity index (χ3n) is 14.1. The normalized spacial score (nSPS) is 12.3. The Kier molecular flexibility index (Phi) is 9.83. The SMILES string of the molecule is Cc1cc(-c2ccccc2)ccc1N1c2cc(N(c3ccccc3)c3ccccc3)ccc2B2c3c1cc1ccccc1c3-c1ccc(-c3ccccc3)cc1N2c1ccc(-c2ccccc2)cc1. The Labute approximate surface area is 404 Å². The third kappa shape index (κ3) is 6.91. The third-order valence-corrected chi connectivity index (χ3v) is 14.1. The zero-order chi connectivity index (χ0) is 45.8. The summed E-state index contributed by atoms with van der Waals surface area (Å²) in [6, 6.07) is 95.7. The maximum Gasteiger partial charge on any atom is 0.333 e. The molecule has 0 saturated carbocycles. The average Bonchev–Trinajstić information content (AvgIpc) is 3.42. The topological polar surface area (TPSA) is 9.72 Å². The van der Waals surface area contributed by atoms with Crippen molar-refractivity contribution in [2.45, 2.75) is 6.92 Å². The van der Waals surface area contributed by atoms with Gasteiger partial charge in [-0.05, 0) is 146 Å². The minimum absolute atomic E-state index is 0.174. The van der Waals surface area contributed by atoms with Crippen molar-refractivity contribution in [1.82, 2.24) is 0 Å². The van der Waals surface area contributed by atoms with Gasteiger partial charge in [0, 0.05) is 51.1 Å². The molecular weight excluding hydrogens is 834 g/mol.